The van der Waals surface area contributed by atoms with Crippen molar-refractivity contribution in [1.29, 1.82) is 0 Å². The van der Waals surface area contributed by atoms with Gasteiger partial charge in [-0.05, 0) is 44.0 Å². The molecule has 0 atom stereocenters. The van der Waals surface area contributed by atoms with Crippen molar-refractivity contribution in [3.05, 3.63) is 29.1 Å². The van der Waals surface area contributed by atoms with E-state index in [0.717, 1.165) is 23.3 Å². The minimum absolute atomic E-state index is 0. The van der Waals surface area contributed by atoms with Crippen LogP contribution in [0.4, 0.5) is 13.9 Å². The number of halogens is 3. The molecule has 1 saturated carbocycles. The van der Waals surface area contributed by atoms with Crippen molar-refractivity contribution in [2.24, 2.45) is 5.73 Å². The van der Waals surface area contributed by atoms with Crippen LogP contribution in [0.2, 0.25) is 0 Å². The largest absolute Gasteiger partial charge is 0.435 e. The van der Waals surface area contributed by atoms with Gasteiger partial charge in [0, 0.05) is 10.4 Å². The number of carbonyl (C=O) groups excluding carboxylic acids is 1. The molecular weight excluding hydrogens is 384 g/mol. The van der Waals surface area contributed by atoms with Crippen molar-refractivity contribution in [3.63, 3.8) is 0 Å². The second-order valence-corrected chi connectivity index (χ2v) is 7.35. The van der Waals surface area contributed by atoms with Crippen LogP contribution >= 0.6 is 23.7 Å². The molecule has 5 nitrogen and oxygen atoms in total. The maximum Gasteiger partial charge on any atom is 0.387 e. The number of alkyl halides is 2. The number of amides is 1. The molecule has 9 heteroatoms. The molecular formula is C17H20ClF2N3O2S. The fourth-order valence-electron chi connectivity index (χ4n) is 2.97. The Kier molecular flexibility index (Phi) is 6.54. The number of nitrogens with two attached hydrogens (primary N) is 1. The Morgan fingerprint density at radius 1 is 1.31 bits per heavy atom. The predicted molar refractivity (Wildman–Crippen MR) is 100 cm³/mol. The zero-order chi connectivity index (χ0) is 18.0. The van der Waals surface area contributed by atoms with Crippen molar-refractivity contribution in [2.75, 3.05) is 5.32 Å². The lowest BCUT2D eigenvalue weighted by atomic mass is 9.98. The summed E-state index contributed by atoms with van der Waals surface area (Å²) in [5.41, 5.74) is 6.80. The standard InChI is InChI=1S/C17H19F2N3O2S.ClH/c1-10-13(11-4-6-12(7-5-11)24-15(18)19)21-16(25-10)22-14(23)17(20)8-2-3-9-17;/h4-7,15H,2-3,8-9,20H2,1H3,(H,21,22,23);1H. The van der Waals surface area contributed by atoms with Gasteiger partial charge in [0.15, 0.2) is 5.13 Å². The average molecular weight is 404 g/mol. The molecule has 3 rings (SSSR count). The number of nitrogens with one attached hydrogen (secondary N) is 1. The minimum atomic E-state index is -2.85. The number of anilines is 1. The molecule has 1 aliphatic rings. The molecule has 1 amide bonds. The lowest BCUT2D eigenvalue weighted by Crippen LogP contribution is -2.48. The highest BCUT2D eigenvalue weighted by Crippen LogP contribution is 2.33. The molecule has 2 aromatic rings. The molecule has 1 heterocycles. The SMILES string of the molecule is Cc1sc(NC(=O)C2(N)CCCC2)nc1-c1ccc(OC(F)F)cc1.Cl. The summed E-state index contributed by atoms with van der Waals surface area (Å²) in [5, 5.41) is 3.30. The van der Waals surface area contributed by atoms with E-state index in [2.05, 4.69) is 15.0 Å². The van der Waals surface area contributed by atoms with Gasteiger partial charge in [0.25, 0.3) is 0 Å². The van der Waals surface area contributed by atoms with Crippen LogP contribution < -0.4 is 15.8 Å². The van der Waals surface area contributed by atoms with Crippen LogP contribution in [0.15, 0.2) is 24.3 Å². The van der Waals surface area contributed by atoms with E-state index in [1.807, 2.05) is 6.92 Å². The molecule has 0 aliphatic heterocycles. The van der Waals surface area contributed by atoms with E-state index in [0.29, 0.717) is 23.7 Å². The van der Waals surface area contributed by atoms with Gasteiger partial charge in [-0.3, -0.25) is 4.79 Å². The lowest BCUT2D eigenvalue weighted by Gasteiger charge is -2.21. The monoisotopic (exact) mass is 403 g/mol. The predicted octanol–water partition coefficient (Wildman–Crippen LogP) is 4.35. The Bertz CT molecular complexity index is 762. The number of nitrogens with zero attached hydrogens (tertiary/aromatic N) is 1. The fourth-order valence-corrected chi connectivity index (χ4v) is 3.80. The van der Waals surface area contributed by atoms with Gasteiger partial charge in [-0.25, -0.2) is 4.98 Å². The Morgan fingerprint density at radius 3 is 2.50 bits per heavy atom. The normalized spacial score (nSPS) is 15.6. The number of ether oxygens (including phenoxy) is 1. The minimum Gasteiger partial charge on any atom is -0.435 e. The van der Waals surface area contributed by atoms with Crippen molar-refractivity contribution < 1.29 is 18.3 Å². The number of benzene rings is 1. The highest BCUT2D eigenvalue weighted by atomic mass is 35.5. The summed E-state index contributed by atoms with van der Waals surface area (Å²) in [4.78, 5) is 17.8. The van der Waals surface area contributed by atoms with E-state index >= 15 is 0 Å². The smallest absolute Gasteiger partial charge is 0.387 e. The molecule has 1 aromatic carbocycles. The number of aromatic nitrogens is 1. The van der Waals surface area contributed by atoms with E-state index in [4.69, 9.17) is 5.73 Å². The van der Waals surface area contributed by atoms with Crippen LogP contribution in [0, 0.1) is 6.92 Å². The van der Waals surface area contributed by atoms with Gasteiger partial charge in [0.2, 0.25) is 5.91 Å². The van der Waals surface area contributed by atoms with Crippen LogP contribution in [0.25, 0.3) is 11.3 Å². The first kappa shape index (κ1) is 20.5. The van der Waals surface area contributed by atoms with Gasteiger partial charge in [-0.15, -0.1) is 23.7 Å². The van der Waals surface area contributed by atoms with E-state index < -0.39 is 12.2 Å². The molecule has 1 fully saturated rings. The third kappa shape index (κ3) is 4.49. The van der Waals surface area contributed by atoms with Crippen LogP contribution in [0.3, 0.4) is 0 Å². The summed E-state index contributed by atoms with van der Waals surface area (Å²) in [7, 11) is 0. The zero-order valence-corrected chi connectivity index (χ0v) is 15.8. The van der Waals surface area contributed by atoms with Gasteiger partial charge >= 0.3 is 6.61 Å². The third-order valence-electron chi connectivity index (χ3n) is 4.32. The number of carbonyl (C=O) groups is 1. The quantitative estimate of drug-likeness (QED) is 0.777. The first-order valence-electron chi connectivity index (χ1n) is 8.00. The maximum atomic E-state index is 12.4. The molecule has 142 valence electrons. The molecule has 26 heavy (non-hydrogen) atoms. The van der Waals surface area contributed by atoms with E-state index in [9.17, 15) is 13.6 Å². The van der Waals surface area contributed by atoms with Gasteiger partial charge in [-0.2, -0.15) is 8.78 Å². The average Bonchev–Trinajstić information content (AvgIpc) is 3.15. The molecule has 0 radical (unpaired) electrons. The topological polar surface area (TPSA) is 77.2 Å². The highest BCUT2D eigenvalue weighted by Gasteiger charge is 2.37. The van der Waals surface area contributed by atoms with Gasteiger partial charge in [-0.1, -0.05) is 12.8 Å². The van der Waals surface area contributed by atoms with E-state index in [-0.39, 0.29) is 24.1 Å². The number of aryl methyl sites for hydroxylation is 1. The van der Waals surface area contributed by atoms with Crippen molar-refractivity contribution in [1.82, 2.24) is 4.98 Å². The van der Waals surface area contributed by atoms with Crippen molar-refractivity contribution >= 4 is 34.8 Å². The Labute approximate surface area is 160 Å². The lowest BCUT2D eigenvalue weighted by molar-refractivity contribution is -0.121. The Morgan fingerprint density at radius 2 is 1.92 bits per heavy atom. The highest BCUT2D eigenvalue weighted by molar-refractivity contribution is 7.16. The van der Waals surface area contributed by atoms with Crippen LogP contribution in [-0.4, -0.2) is 23.0 Å². The molecule has 0 bridgehead atoms. The number of thiazole rings is 1. The first-order valence-corrected chi connectivity index (χ1v) is 8.82. The molecule has 1 aliphatic carbocycles. The molecule has 1 aromatic heterocycles. The summed E-state index contributed by atoms with van der Waals surface area (Å²) >= 11 is 1.36. The van der Waals surface area contributed by atoms with E-state index in [1.165, 1.54) is 23.5 Å². The van der Waals surface area contributed by atoms with Crippen LogP contribution in [-0.2, 0) is 4.79 Å². The summed E-state index contributed by atoms with van der Waals surface area (Å²) in [6.07, 6.45) is 3.28. The van der Waals surface area contributed by atoms with Crippen LogP contribution in [0.5, 0.6) is 5.75 Å². The van der Waals surface area contributed by atoms with Crippen LogP contribution in [0.1, 0.15) is 30.6 Å². The number of hydrogen-bond acceptors (Lipinski definition) is 5. The summed E-state index contributed by atoms with van der Waals surface area (Å²) in [6.45, 7) is -0.965. The second kappa shape index (κ2) is 8.28. The summed E-state index contributed by atoms with van der Waals surface area (Å²) < 4.78 is 28.8. The number of rotatable bonds is 5. The van der Waals surface area contributed by atoms with Gasteiger partial charge in [0.05, 0.1) is 11.2 Å². The third-order valence-corrected chi connectivity index (χ3v) is 5.20. The summed E-state index contributed by atoms with van der Waals surface area (Å²) in [6, 6.07) is 6.25. The Balaban J connectivity index is 0.00000243. The van der Waals surface area contributed by atoms with Gasteiger partial charge in [0.1, 0.15) is 5.75 Å². The van der Waals surface area contributed by atoms with Gasteiger partial charge < -0.3 is 15.8 Å². The van der Waals surface area contributed by atoms with E-state index in [1.54, 1.807) is 12.1 Å². The molecule has 0 unspecified atom stereocenters. The van der Waals surface area contributed by atoms with Crippen molar-refractivity contribution in [2.45, 2.75) is 44.8 Å². The maximum absolute atomic E-state index is 12.4. The molecule has 3 N–H and O–H groups in total. The second-order valence-electron chi connectivity index (χ2n) is 6.14. The number of hydrogen-bond donors (Lipinski definition) is 2. The Hall–Kier alpha value is -1.77. The first-order chi connectivity index (χ1) is 11.9. The molecule has 0 spiro atoms. The molecule has 0 saturated heterocycles. The zero-order valence-electron chi connectivity index (χ0n) is 14.1. The summed E-state index contributed by atoms with van der Waals surface area (Å²) in [5.74, 6) is -0.113. The fraction of sp³-hybridized carbons (Fsp3) is 0.412. The van der Waals surface area contributed by atoms with Crippen molar-refractivity contribution in [3.8, 4) is 17.0 Å².